The Labute approximate surface area is 115 Å². The van der Waals surface area contributed by atoms with E-state index in [0.29, 0.717) is 0 Å². The van der Waals surface area contributed by atoms with Gasteiger partial charge >= 0.3 is 6.03 Å². The molecule has 1 aromatic rings. The number of aryl methyl sites for hydroxylation is 1. The Bertz CT molecular complexity index is 396. The Kier molecular flexibility index (Phi) is 5.21. The third-order valence-electron chi connectivity index (χ3n) is 3.61. The van der Waals surface area contributed by atoms with Crippen LogP contribution in [0.4, 0.5) is 10.5 Å². The first kappa shape index (κ1) is 13.9. The molecule has 3 N–H and O–H groups in total. The minimum absolute atomic E-state index is 0.113. The number of nitrogens with one attached hydrogen (secondary N) is 3. The molecule has 1 aliphatic rings. The van der Waals surface area contributed by atoms with Crippen molar-refractivity contribution in [2.75, 3.05) is 25.0 Å². The molecule has 1 saturated heterocycles. The summed E-state index contributed by atoms with van der Waals surface area (Å²) >= 11 is 0. The molecule has 1 fully saturated rings. The van der Waals surface area contributed by atoms with E-state index < -0.39 is 0 Å². The Morgan fingerprint density at radius 1 is 1.26 bits per heavy atom. The smallest absolute Gasteiger partial charge is 0.319 e. The largest absolute Gasteiger partial charge is 0.338 e. The number of anilines is 1. The zero-order chi connectivity index (χ0) is 13.5. The van der Waals surface area contributed by atoms with Crippen LogP contribution in [0.3, 0.4) is 0 Å². The maximum atomic E-state index is 11.7. The van der Waals surface area contributed by atoms with Crippen LogP contribution >= 0.6 is 0 Å². The second-order valence-electron chi connectivity index (χ2n) is 5.23. The van der Waals surface area contributed by atoms with Gasteiger partial charge in [0.2, 0.25) is 0 Å². The molecule has 0 radical (unpaired) electrons. The molecule has 4 heteroatoms. The number of hydrogen-bond acceptors (Lipinski definition) is 2. The van der Waals surface area contributed by atoms with Crippen LogP contribution in [0.1, 0.15) is 24.8 Å². The van der Waals surface area contributed by atoms with E-state index >= 15 is 0 Å². The number of benzene rings is 1. The summed E-state index contributed by atoms with van der Waals surface area (Å²) < 4.78 is 0. The van der Waals surface area contributed by atoms with Gasteiger partial charge in [-0.3, -0.25) is 0 Å². The number of carbonyl (C=O) groups excluding carboxylic acids is 1. The number of hydrogen-bond donors (Lipinski definition) is 3. The van der Waals surface area contributed by atoms with Crippen molar-refractivity contribution < 1.29 is 4.79 Å². The quantitative estimate of drug-likeness (QED) is 0.780. The minimum atomic E-state index is -0.113. The van der Waals surface area contributed by atoms with Gasteiger partial charge in [0.15, 0.2) is 0 Å². The van der Waals surface area contributed by atoms with E-state index in [1.165, 1.54) is 18.4 Å². The normalized spacial score (nSPS) is 16.1. The standard InChI is InChI=1S/C15H23N3O/c1-12-2-4-14(5-3-12)18-15(19)17-11-8-13-6-9-16-10-7-13/h2-5,13,16H,6-11H2,1H3,(H2,17,18,19). The van der Waals surface area contributed by atoms with Gasteiger partial charge in [-0.1, -0.05) is 17.7 Å². The maximum absolute atomic E-state index is 11.7. The molecule has 0 aliphatic carbocycles. The van der Waals surface area contributed by atoms with Crippen LogP contribution in [0.5, 0.6) is 0 Å². The molecular formula is C15H23N3O. The van der Waals surface area contributed by atoms with Gasteiger partial charge in [-0.25, -0.2) is 4.79 Å². The van der Waals surface area contributed by atoms with Crippen LogP contribution in [0.15, 0.2) is 24.3 Å². The lowest BCUT2D eigenvalue weighted by atomic mass is 9.95. The van der Waals surface area contributed by atoms with Gasteiger partial charge in [0.05, 0.1) is 0 Å². The molecule has 0 spiro atoms. The first-order chi connectivity index (χ1) is 9.24. The van der Waals surface area contributed by atoms with Crippen LogP contribution in [-0.2, 0) is 0 Å². The fourth-order valence-corrected chi connectivity index (χ4v) is 2.37. The molecule has 2 rings (SSSR count). The highest BCUT2D eigenvalue weighted by atomic mass is 16.2. The van der Waals surface area contributed by atoms with Crippen molar-refractivity contribution in [2.45, 2.75) is 26.2 Å². The second-order valence-corrected chi connectivity index (χ2v) is 5.23. The van der Waals surface area contributed by atoms with Crippen LogP contribution < -0.4 is 16.0 Å². The van der Waals surface area contributed by atoms with Crippen molar-refractivity contribution in [3.8, 4) is 0 Å². The van der Waals surface area contributed by atoms with E-state index in [9.17, 15) is 4.79 Å². The maximum Gasteiger partial charge on any atom is 0.319 e. The summed E-state index contributed by atoms with van der Waals surface area (Å²) in [7, 11) is 0. The van der Waals surface area contributed by atoms with Gasteiger partial charge in [0, 0.05) is 12.2 Å². The van der Waals surface area contributed by atoms with Crippen molar-refractivity contribution in [1.29, 1.82) is 0 Å². The van der Waals surface area contributed by atoms with Crippen molar-refractivity contribution in [1.82, 2.24) is 10.6 Å². The summed E-state index contributed by atoms with van der Waals surface area (Å²) in [6.45, 7) is 5.01. The zero-order valence-electron chi connectivity index (χ0n) is 11.5. The van der Waals surface area contributed by atoms with Gasteiger partial charge in [-0.2, -0.15) is 0 Å². The number of carbonyl (C=O) groups is 1. The predicted octanol–water partition coefficient (Wildman–Crippen LogP) is 2.51. The number of piperidine rings is 1. The van der Waals surface area contributed by atoms with Crippen LogP contribution in [0.25, 0.3) is 0 Å². The fraction of sp³-hybridized carbons (Fsp3) is 0.533. The number of urea groups is 1. The summed E-state index contributed by atoms with van der Waals surface area (Å²) in [6.07, 6.45) is 3.52. The highest BCUT2D eigenvalue weighted by Gasteiger charge is 2.12. The molecule has 1 aromatic carbocycles. The molecule has 0 bridgehead atoms. The van der Waals surface area contributed by atoms with Gasteiger partial charge in [-0.15, -0.1) is 0 Å². The Balaban J connectivity index is 1.65. The fourth-order valence-electron chi connectivity index (χ4n) is 2.37. The van der Waals surface area contributed by atoms with Crippen molar-refractivity contribution in [3.05, 3.63) is 29.8 Å². The lowest BCUT2D eigenvalue weighted by molar-refractivity contribution is 0.250. The Hall–Kier alpha value is -1.55. The molecular weight excluding hydrogens is 238 g/mol. The molecule has 2 amide bonds. The van der Waals surface area contributed by atoms with Crippen molar-refractivity contribution in [3.63, 3.8) is 0 Å². The molecule has 0 unspecified atom stereocenters. The lowest BCUT2D eigenvalue weighted by Crippen LogP contribution is -2.33. The van der Waals surface area contributed by atoms with E-state index in [1.54, 1.807) is 0 Å². The van der Waals surface area contributed by atoms with E-state index in [2.05, 4.69) is 16.0 Å². The first-order valence-corrected chi connectivity index (χ1v) is 7.06. The van der Waals surface area contributed by atoms with E-state index in [4.69, 9.17) is 0 Å². The molecule has 19 heavy (non-hydrogen) atoms. The average molecular weight is 261 g/mol. The van der Waals surface area contributed by atoms with Gasteiger partial charge in [0.25, 0.3) is 0 Å². The van der Waals surface area contributed by atoms with E-state index in [-0.39, 0.29) is 6.03 Å². The predicted molar refractivity (Wildman–Crippen MR) is 78.4 cm³/mol. The summed E-state index contributed by atoms with van der Waals surface area (Å²) in [6, 6.07) is 7.71. The Morgan fingerprint density at radius 2 is 1.95 bits per heavy atom. The molecule has 4 nitrogen and oxygen atoms in total. The summed E-state index contributed by atoms with van der Waals surface area (Å²) in [5, 5.41) is 9.12. The van der Waals surface area contributed by atoms with Crippen LogP contribution in [-0.4, -0.2) is 25.7 Å². The van der Waals surface area contributed by atoms with Crippen molar-refractivity contribution >= 4 is 11.7 Å². The summed E-state index contributed by atoms with van der Waals surface area (Å²) in [5.74, 6) is 0.751. The molecule has 1 aliphatic heterocycles. The topological polar surface area (TPSA) is 53.2 Å². The third kappa shape index (κ3) is 4.91. The lowest BCUT2D eigenvalue weighted by Gasteiger charge is -2.22. The Morgan fingerprint density at radius 3 is 2.63 bits per heavy atom. The highest BCUT2D eigenvalue weighted by Crippen LogP contribution is 2.14. The van der Waals surface area contributed by atoms with Crippen molar-refractivity contribution in [2.24, 2.45) is 5.92 Å². The van der Waals surface area contributed by atoms with Crippen LogP contribution in [0, 0.1) is 12.8 Å². The molecule has 104 valence electrons. The third-order valence-corrected chi connectivity index (χ3v) is 3.61. The minimum Gasteiger partial charge on any atom is -0.338 e. The number of amides is 2. The monoisotopic (exact) mass is 261 g/mol. The molecule has 0 atom stereocenters. The van der Waals surface area contributed by atoms with E-state index in [0.717, 1.165) is 37.7 Å². The molecule has 0 saturated carbocycles. The van der Waals surface area contributed by atoms with E-state index in [1.807, 2.05) is 31.2 Å². The number of rotatable bonds is 4. The summed E-state index contributed by atoms with van der Waals surface area (Å²) in [4.78, 5) is 11.7. The van der Waals surface area contributed by atoms with Gasteiger partial charge in [-0.05, 0) is 57.3 Å². The SMILES string of the molecule is Cc1ccc(NC(=O)NCCC2CCNCC2)cc1. The van der Waals surface area contributed by atoms with Gasteiger partial charge < -0.3 is 16.0 Å². The first-order valence-electron chi connectivity index (χ1n) is 7.06. The zero-order valence-corrected chi connectivity index (χ0v) is 11.5. The summed E-state index contributed by atoms with van der Waals surface area (Å²) in [5.41, 5.74) is 2.03. The van der Waals surface area contributed by atoms with Gasteiger partial charge in [0.1, 0.15) is 0 Å². The highest BCUT2D eigenvalue weighted by molar-refractivity contribution is 5.89. The second kappa shape index (κ2) is 7.14. The molecule has 1 heterocycles. The molecule has 0 aromatic heterocycles. The average Bonchev–Trinajstić information content (AvgIpc) is 2.43. The van der Waals surface area contributed by atoms with Crippen LogP contribution in [0.2, 0.25) is 0 Å².